The molecule has 1 atom stereocenters. The van der Waals surface area contributed by atoms with Crippen LogP contribution in [0.4, 0.5) is 8.78 Å². The first kappa shape index (κ1) is 24.8. The Morgan fingerprint density at radius 1 is 1.32 bits per heavy atom. The lowest BCUT2D eigenvalue weighted by Gasteiger charge is -2.35. The summed E-state index contributed by atoms with van der Waals surface area (Å²) in [5.74, 6) is -2.95. The maximum Gasteiger partial charge on any atom is 0.262 e. The van der Waals surface area contributed by atoms with Crippen LogP contribution in [0.25, 0.3) is 0 Å². The molecule has 1 aromatic heterocycles. The highest BCUT2D eigenvalue weighted by Crippen LogP contribution is 2.26. The largest absolute Gasteiger partial charge is 0.339 e. The van der Waals surface area contributed by atoms with E-state index >= 15 is 0 Å². The third kappa shape index (κ3) is 6.45. The van der Waals surface area contributed by atoms with Gasteiger partial charge in [-0.15, -0.1) is 48.6 Å². The summed E-state index contributed by atoms with van der Waals surface area (Å²) < 4.78 is 26.4. The van der Waals surface area contributed by atoms with Crippen molar-refractivity contribution in [2.45, 2.75) is 31.9 Å². The summed E-state index contributed by atoms with van der Waals surface area (Å²) in [7, 11) is 0. The van der Waals surface area contributed by atoms with Crippen LogP contribution in [0.2, 0.25) is 0 Å². The van der Waals surface area contributed by atoms with Gasteiger partial charge in [0.05, 0.1) is 17.6 Å². The fourth-order valence-electron chi connectivity index (χ4n) is 2.94. The summed E-state index contributed by atoms with van der Waals surface area (Å²) in [5.41, 5.74) is 0. The number of aromatic nitrogens is 1. The quantitative estimate of drug-likeness (QED) is 0.785. The van der Waals surface area contributed by atoms with Gasteiger partial charge in [-0.05, 0) is 6.92 Å². The number of aryl methyl sites for hydroxylation is 1. The number of carbonyl (C=O) groups is 1. The zero-order valence-corrected chi connectivity index (χ0v) is 17.0. The summed E-state index contributed by atoms with van der Waals surface area (Å²) in [4.78, 5) is 21.7. The first-order chi connectivity index (χ1) is 10.4. The maximum atomic E-state index is 13.2. The van der Waals surface area contributed by atoms with E-state index in [4.69, 9.17) is 0 Å². The molecule has 1 unspecified atom stereocenters. The number of amides is 1. The molecule has 1 amide bonds. The number of thiazole rings is 1. The Bertz CT molecular complexity index is 556. The molecule has 0 aromatic carbocycles. The highest BCUT2D eigenvalue weighted by molar-refractivity contribution is 7.11. The number of carbonyl (C=O) groups excluding carboxylic acids is 1. The van der Waals surface area contributed by atoms with Crippen molar-refractivity contribution in [1.29, 1.82) is 0 Å². The maximum absolute atomic E-state index is 13.2. The van der Waals surface area contributed by atoms with E-state index in [1.165, 1.54) is 4.88 Å². The van der Waals surface area contributed by atoms with Crippen molar-refractivity contribution < 1.29 is 13.6 Å². The van der Waals surface area contributed by atoms with E-state index in [-0.39, 0.29) is 49.5 Å². The van der Waals surface area contributed by atoms with Crippen LogP contribution in [0.15, 0.2) is 6.20 Å². The molecular formula is C14H23Cl3F2N4OS. The molecule has 1 aromatic rings. The van der Waals surface area contributed by atoms with Crippen LogP contribution in [0.1, 0.15) is 16.3 Å². The second kappa shape index (κ2) is 10.2. The number of nitrogens with one attached hydrogen (secondary N) is 1. The predicted octanol–water partition coefficient (Wildman–Crippen LogP) is 2.36. The molecule has 3 rings (SSSR count). The van der Waals surface area contributed by atoms with Gasteiger partial charge in [0, 0.05) is 50.2 Å². The summed E-state index contributed by atoms with van der Waals surface area (Å²) in [6, 6.07) is -0.731. The van der Waals surface area contributed by atoms with Gasteiger partial charge in [-0.25, -0.2) is 13.8 Å². The normalized spacial score (nSPS) is 22.5. The molecule has 2 saturated heterocycles. The second-order valence-corrected chi connectivity index (χ2v) is 7.26. The van der Waals surface area contributed by atoms with E-state index in [0.717, 1.165) is 24.6 Å². The molecule has 25 heavy (non-hydrogen) atoms. The van der Waals surface area contributed by atoms with Crippen LogP contribution in [0.5, 0.6) is 0 Å². The van der Waals surface area contributed by atoms with E-state index in [9.17, 15) is 13.6 Å². The Hall–Kier alpha value is -0.250. The van der Waals surface area contributed by atoms with Gasteiger partial charge < -0.3 is 4.90 Å². The number of hydrogen-bond acceptors (Lipinski definition) is 5. The molecule has 146 valence electrons. The summed E-state index contributed by atoms with van der Waals surface area (Å²) in [6.07, 6.45) is 1.51. The summed E-state index contributed by atoms with van der Waals surface area (Å²) >= 11 is 1.68. The van der Waals surface area contributed by atoms with E-state index in [1.54, 1.807) is 16.2 Å². The number of alkyl halides is 2. The Labute approximate surface area is 168 Å². The van der Waals surface area contributed by atoms with E-state index < -0.39 is 18.5 Å². The van der Waals surface area contributed by atoms with Crippen molar-refractivity contribution in [3.05, 3.63) is 16.1 Å². The van der Waals surface area contributed by atoms with Gasteiger partial charge in [0.25, 0.3) is 5.92 Å². The van der Waals surface area contributed by atoms with E-state index in [1.807, 2.05) is 13.1 Å². The smallest absolute Gasteiger partial charge is 0.262 e. The number of piperazine rings is 1. The average Bonchev–Trinajstić information content (AvgIpc) is 3.04. The molecule has 0 saturated carbocycles. The van der Waals surface area contributed by atoms with Crippen LogP contribution in [0, 0.1) is 6.92 Å². The molecule has 0 aliphatic carbocycles. The zero-order chi connectivity index (χ0) is 15.7. The minimum atomic E-state index is -2.76. The zero-order valence-electron chi connectivity index (χ0n) is 13.7. The van der Waals surface area contributed by atoms with Gasteiger partial charge in [0.1, 0.15) is 0 Å². The highest BCUT2D eigenvalue weighted by Gasteiger charge is 2.43. The van der Waals surface area contributed by atoms with Crippen molar-refractivity contribution in [3.63, 3.8) is 0 Å². The van der Waals surface area contributed by atoms with E-state index in [2.05, 4.69) is 15.2 Å². The molecule has 5 nitrogen and oxygen atoms in total. The van der Waals surface area contributed by atoms with Crippen molar-refractivity contribution in [3.8, 4) is 0 Å². The minimum Gasteiger partial charge on any atom is -0.339 e. The third-order valence-electron chi connectivity index (χ3n) is 4.14. The molecule has 2 aliphatic heterocycles. The van der Waals surface area contributed by atoms with Gasteiger partial charge >= 0.3 is 0 Å². The number of halogens is 5. The fraction of sp³-hybridized carbons (Fsp3) is 0.714. The lowest BCUT2D eigenvalue weighted by Crippen LogP contribution is -2.52. The lowest BCUT2D eigenvalue weighted by molar-refractivity contribution is -0.135. The third-order valence-corrected chi connectivity index (χ3v) is 5.04. The minimum absolute atomic E-state index is 0. The first-order valence-corrected chi connectivity index (χ1v) is 8.28. The van der Waals surface area contributed by atoms with Crippen LogP contribution in [0.3, 0.4) is 0 Å². The molecule has 2 aliphatic rings. The van der Waals surface area contributed by atoms with Crippen LogP contribution < -0.4 is 5.32 Å². The van der Waals surface area contributed by atoms with Crippen molar-refractivity contribution >= 4 is 54.5 Å². The Morgan fingerprint density at radius 3 is 2.44 bits per heavy atom. The SMILES string of the molecule is Cc1ncc(CN2CCN(C(=O)C3CC(F)(F)CN3)CC2)s1.Cl.Cl.Cl. The molecule has 0 bridgehead atoms. The topological polar surface area (TPSA) is 48.5 Å². The number of hydrogen-bond donors (Lipinski definition) is 1. The van der Waals surface area contributed by atoms with E-state index in [0.29, 0.717) is 13.1 Å². The summed E-state index contributed by atoms with van der Waals surface area (Å²) in [5, 5.41) is 3.69. The van der Waals surface area contributed by atoms with Crippen LogP contribution in [-0.4, -0.2) is 65.4 Å². The highest BCUT2D eigenvalue weighted by atomic mass is 35.5. The van der Waals surface area contributed by atoms with Gasteiger partial charge in [-0.3, -0.25) is 15.0 Å². The summed E-state index contributed by atoms with van der Waals surface area (Å²) in [6.45, 7) is 5.16. The number of rotatable bonds is 3. The van der Waals surface area contributed by atoms with Crippen molar-refractivity contribution in [1.82, 2.24) is 20.1 Å². The Morgan fingerprint density at radius 2 is 1.96 bits per heavy atom. The van der Waals surface area contributed by atoms with Gasteiger partial charge in [0.2, 0.25) is 5.91 Å². The van der Waals surface area contributed by atoms with Gasteiger partial charge in [-0.1, -0.05) is 0 Å². The van der Waals surface area contributed by atoms with Gasteiger partial charge in [-0.2, -0.15) is 0 Å². The molecule has 11 heteroatoms. The number of nitrogens with zero attached hydrogens (tertiary/aromatic N) is 3. The fourth-order valence-corrected chi connectivity index (χ4v) is 3.77. The molecule has 1 N–H and O–H groups in total. The monoisotopic (exact) mass is 438 g/mol. The molecule has 3 heterocycles. The molecule has 0 spiro atoms. The lowest BCUT2D eigenvalue weighted by atomic mass is 10.1. The Balaban J connectivity index is 0.00000192. The molecule has 2 fully saturated rings. The standard InChI is InChI=1S/C14H20F2N4OS.3ClH/c1-10-17-7-11(22-10)8-19-2-4-20(5-3-19)13(21)12-6-14(15,16)9-18-12;;;/h7,12,18H,2-6,8-9H2,1H3;3*1H. The molecule has 0 radical (unpaired) electrons. The van der Waals surface area contributed by atoms with Gasteiger partial charge in [0.15, 0.2) is 0 Å². The van der Waals surface area contributed by atoms with Crippen molar-refractivity contribution in [2.24, 2.45) is 0 Å². The average molecular weight is 440 g/mol. The Kier molecular flexibility index (Phi) is 10.1. The van der Waals surface area contributed by atoms with Crippen LogP contribution >= 0.6 is 48.6 Å². The second-order valence-electron chi connectivity index (χ2n) is 5.94. The molecular weight excluding hydrogens is 417 g/mol. The predicted molar refractivity (Wildman–Crippen MR) is 102 cm³/mol. The van der Waals surface area contributed by atoms with Crippen molar-refractivity contribution in [2.75, 3.05) is 32.7 Å². The first-order valence-electron chi connectivity index (χ1n) is 7.47. The van der Waals surface area contributed by atoms with Crippen LogP contribution in [-0.2, 0) is 11.3 Å².